The van der Waals surface area contributed by atoms with Gasteiger partial charge in [-0.15, -0.1) is 0 Å². The predicted molar refractivity (Wildman–Crippen MR) is 133 cm³/mol. The summed E-state index contributed by atoms with van der Waals surface area (Å²) in [5.41, 5.74) is 1.66. The summed E-state index contributed by atoms with van der Waals surface area (Å²) in [5.74, 6) is 0.447. The average Bonchev–Trinajstić information content (AvgIpc) is 3.11. The summed E-state index contributed by atoms with van der Waals surface area (Å²) in [6.45, 7) is 2.69. The minimum Gasteiger partial charge on any atom is -0.490 e. The van der Waals surface area contributed by atoms with Crippen molar-refractivity contribution >= 4 is 45.6 Å². The molecule has 176 valence electrons. The van der Waals surface area contributed by atoms with Crippen molar-refractivity contribution in [2.45, 2.75) is 26.4 Å². The largest absolute Gasteiger partial charge is 0.490 e. The normalized spacial score (nSPS) is 25.3. The van der Waals surface area contributed by atoms with E-state index in [0.29, 0.717) is 39.8 Å². The zero-order chi connectivity index (χ0) is 23.8. The van der Waals surface area contributed by atoms with Crippen LogP contribution in [0.4, 0.5) is 0 Å². The molecule has 1 aliphatic heterocycles. The fourth-order valence-corrected chi connectivity index (χ4v) is 5.80. The van der Waals surface area contributed by atoms with Crippen LogP contribution < -0.4 is 9.47 Å². The van der Waals surface area contributed by atoms with Crippen molar-refractivity contribution in [2.24, 2.45) is 28.8 Å². The number of hydrazone groups is 1. The number of halogens is 2. The summed E-state index contributed by atoms with van der Waals surface area (Å²) in [4.78, 5) is 26.0. The Morgan fingerprint density at radius 3 is 2.29 bits per heavy atom. The maximum absolute atomic E-state index is 13.0. The van der Waals surface area contributed by atoms with Crippen molar-refractivity contribution in [3.8, 4) is 11.5 Å². The molecule has 1 heterocycles. The number of carbonyl (C=O) groups is 2. The predicted octanol–water partition coefficient (Wildman–Crippen LogP) is 5.61. The van der Waals surface area contributed by atoms with E-state index in [-0.39, 0.29) is 35.5 Å². The van der Waals surface area contributed by atoms with Gasteiger partial charge in [-0.1, -0.05) is 35.9 Å². The number of hydrogen-bond acceptors (Lipinski definition) is 5. The maximum atomic E-state index is 13.0. The molecular formula is C26H24BrClN2O4. The van der Waals surface area contributed by atoms with E-state index in [2.05, 4.69) is 33.2 Å². The van der Waals surface area contributed by atoms with Gasteiger partial charge in [-0.2, -0.15) is 10.1 Å². The van der Waals surface area contributed by atoms with E-state index in [1.807, 2.05) is 37.3 Å². The first-order chi connectivity index (χ1) is 16.5. The molecule has 1 saturated carbocycles. The van der Waals surface area contributed by atoms with E-state index < -0.39 is 0 Å². The summed E-state index contributed by atoms with van der Waals surface area (Å²) >= 11 is 9.52. The Bertz CT molecular complexity index is 1150. The topological polar surface area (TPSA) is 68.2 Å². The smallest absolute Gasteiger partial charge is 0.254 e. The van der Waals surface area contributed by atoms with Crippen LogP contribution >= 0.6 is 27.5 Å². The van der Waals surface area contributed by atoms with Crippen molar-refractivity contribution in [2.75, 3.05) is 6.61 Å². The van der Waals surface area contributed by atoms with E-state index in [1.165, 1.54) is 6.21 Å². The molecule has 8 heteroatoms. The first-order valence-electron chi connectivity index (χ1n) is 11.4. The van der Waals surface area contributed by atoms with Gasteiger partial charge in [-0.3, -0.25) is 9.59 Å². The lowest BCUT2D eigenvalue weighted by Crippen LogP contribution is -2.38. The highest BCUT2D eigenvalue weighted by atomic mass is 79.9. The van der Waals surface area contributed by atoms with Gasteiger partial charge in [0.15, 0.2) is 11.5 Å². The van der Waals surface area contributed by atoms with Crippen molar-refractivity contribution in [1.82, 2.24) is 5.01 Å². The molecule has 2 aromatic rings. The second-order valence-corrected chi connectivity index (χ2v) is 10.0. The van der Waals surface area contributed by atoms with Crippen molar-refractivity contribution < 1.29 is 19.1 Å². The molecule has 4 atom stereocenters. The van der Waals surface area contributed by atoms with Crippen LogP contribution in [0.2, 0.25) is 5.02 Å². The van der Waals surface area contributed by atoms with Crippen molar-refractivity contribution in [3.63, 3.8) is 0 Å². The van der Waals surface area contributed by atoms with Gasteiger partial charge in [0.25, 0.3) is 11.8 Å². The monoisotopic (exact) mass is 542 g/mol. The van der Waals surface area contributed by atoms with Crippen molar-refractivity contribution in [1.29, 1.82) is 0 Å². The van der Waals surface area contributed by atoms with Crippen LogP contribution in [0.1, 0.15) is 30.9 Å². The number of amides is 2. The molecule has 34 heavy (non-hydrogen) atoms. The summed E-state index contributed by atoms with van der Waals surface area (Å²) in [6.07, 6.45) is 7.64. The zero-order valence-electron chi connectivity index (χ0n) is 18.6. The van der Waals surface area contributed by atoms with Gasteiger partial charge in [0.1, 0.15) is 6.61 Å². The second-order valence-electron chi connectivity index (χ2n) is 8.75. The van der Waals surface area contributed by atoms with E-state index in [1.54, 1.807) is 6.07 Å². The molecule has 0 spiro atoms. The van der Waals surface area contributed by atoms with Crippen molar-refractivity contribution in [3.05, 3.63) is 69.2 Å². The van der Waals surface area contributed by atoms with Gasteiger partial charge in [0.05, 0.1) is 29.1 Å². The number of allylic oxidation sites excluding steroid dienone is 2. The minimum absolute atomic E-state index is 0.141. The summed E-state index contributed by atoms with van der Waals surface area (Å²) in [5, 5.41) is 6.03. The molecule has 2 aromatic carbocycles. The third kappa shape index (κ3) is 4.27. The molecular weight excluding hydrogens is 520 g/mol. The number of fused-ring (bicyclic) bond motifs is 1. The second kappa shape index (κ2) is 9.55. The molecule has 3 aliphatic carbocycles. The standard InChI is InChI=1S/C26H24BrClN2O4/c1-2-33-21-12-16(11-20(27)24(21)34-14-15-3-9-19(28)10-4-15)13-29-30-25(31)22-17-5-6-18(8-7-17)23(22)26(30)32/h3-6,9-13,17-18,22-23H,2,7-8,14H2,1H3/b29-13-/t17-,18-,22+,23+/m0/s1. The average molecular weight is 544 g/mol. The van der Waals surface area contributed by atoms with E-state index in [9.17, 15) is 9.59 Å². The Morgan fingerprint density at radius 1 is 1.06 bits per heavy atom. The SMILES string of the molecule is CCOc1cc(/C=N\N2C(=O)[C@H]3[C@H](C2=O)[C@H]2C=C[C@H]3CC2)cc(Br)c1OCc1ccc(Cl)cc1. The molecule has 2 fully saturated rings. The molecule has 4 aliphatic rings. The number of ether oxygens (including phenoxy) is 2. The van der Waals surface area contributed by atoms with Crippen LogP contribution in [0.3, 0.4) is 0 Å². The highest BCUT2D eigenvalue weighted by molar-refractivity contribution is 9.10. The minimum atomic E-state index is -0.275. The maximum Gasteiger partial charge on any atom is 0.254 e. The quantitative estimate of drug-likeness (QED) is 0.259. The van der Waals surface area contributed by atoms with Gasteiger partial charge in [0, 0.05) is 5.02 Å². The number of nitrogens with zero attached hydrogens (tertiary/aromatic N) is 2. The van der Waals surface area contributed by atoms with Gasteiger partial charge in [-0.25, -0.2) is 0 Å². The molecule has 6 nitrogen and oxygen atoms in total. The highest BCUT2D eigenvalue weighted by Crippen LogP contribution is 2.49. The van der Waals surface area contributed by atoms with Crippen LogP contribution in [-0.4, -0.2) is 29.6 Å². The van der Waals surface area contributed by atoms with Gasteiger partial charge < -0.3 is 9.47 Å². The number of benzene rings is 2. The Hall–Kier alpha value is -2.64. The summed E-state index contributed by atoms with van der Waals surface area (Å²) in [7, 11) is 0. The molecule has 6 rings (SSSR count). The number of imide groups is 1. The fraction of sp³-hybridized carbons (Fsp3) is 0.346. The highest BCUT2D eigenvalue weighted by Gasteiger charge is 2.56. The van der Waals surface area contributed by atoms with Crippen LogP contribution in [-0.2, 0) is 16.2 Å². The molecule has 2 amide bonds. The number of rotatable bonds is 7. The first-order valence-corrected chi connectivity index (χ1v) is 12.6. The van der Waals surface area contributed by atoms with Gasteiger partial charge in [0.2, 0.25) is 0 Å². The summed E-state index contributed by atoms with van der Waals surface area (Å²) in [6, 6.07) is 11.1. The third-order valence-electron chi connectivity index (χ3n) is 6.69. The zero-order valence-corrected chi connectivity index (χ0v) is 21.0. The Labute approximate surface area is 211 Å². The fourth-order valence-electron chi connectivity index (χ4n) is 5.10. The Balaban J connectivity index is 1.35. The lowest BCUT2D eigenvalue weighted by molar-refractivity contribution is -0.140. The molecule has 1 saturated heterocycles. The number of hydrogen-bond donors (Lipinski definition) is 0. The molecule has 0 aromatic heterocycles. The summed E-state index contributed by atoms with van der Waals surface area (Å²) < 4.78 is 12.5. The van der Waals surface area contributed by atoms with E-state index in [4.69, 9.17) is 21.1 Å². The van der Waals surface area contributed by atoms with E-state index in [0.717, 1.165) is 23.4 Å². The Morgan fingerprint density at radius 2 is 1.71 bits per heavy atom. The van der Waals surface area contributed by atoms with Crippen LogP contribution in [0.5, 0.6) is 11.5 Å². The number of carbonyl (C=O) groups excluding carboxylic acids is 2. The van der Waals surface area contributed by atoms with E-state index >= 15 is 0 Å². The van der Waals surface area contributed by atoms with Crippen LogP contribution in [0.25, 0.3) is 0 Å². The first kappa shape index (κ1) is 23.1. The molecule has 2 bridgehead atoms. The van der Waals surface area contributed by atoms with Crippen LogP contribution in [0.15, 0.2) is 58.1 Å². The Kier molecular flexibility index (Phi) is 6.49. The van der Waals surface area contributed by atoms with Gasteiger partial charge in [-0.05, 0) is 82.9 Å². The third-order valence-corrected chi connectivity index (χ3v) is 7.53. The molecule has 0 unspecified atom stereocenters. The molecule has 0 radical (unpaired) electrons. The molecule has 0 N–H and O–H groups in total. The lowest BCUT2D eigenvalue weighted by Gasteiger charge is -2.37. The van der Waals surface area contributed by atoms with Gasteiger partial charge >= 0.3 is 0 Å². The lowest BCUT2D eigenvalue weighted by atomic mass is 9.63. The van der Waals surface area contributed by atoms with Crippen LogP contribution in [0, 0.1) is 23.7 Å².